The molecule has 1 aromatic heterocycles. The van der Waals surface area contributed by atoms with Crippen LogP contribution in [0, 0.1) is 0 Å². The number of fused-ring (bicyclic) bond motifs is 3. The molecule has 0 bridgehead atoms. The van der Waals surface area contributed by atoms with E-state index in [1.807, 2.05) is 74.0 Å². The van der Waals surface area contributed by atoms with Gasteiger partial charge in [0, 0.05) is 21.9 Å². The third kappa shape index (κ3) is 4.25. The van der Waals surface area contributed by atoms with Gasteiger partial charge in [0.15, 0.2) is 6.54 Å². The van der Waals surface area contributed by atoms with Crippen LogP contribution in [0.4, 0.5) is 5.69 Å². The minimum atomic E-state index is -0.376. The molecule has 0 spiro atoms. The summed E-state index contributed by atoms with van der Waals surface area (Å²) in [5.41, 5.74) is 1.90. The molecule has 4 aromatic rings. The zero-order valence-electron chi connectivity index (χ0n) is 16.9. The number of likely N-dealkylation sites (N-methyl/N-ethyl adjacent to an activating group) is 1. The monoisotopic (exact) mass is 419 g/mol. The topological polar surface area (TPSA) is 63.8 Å². The van der Waals surface area contributed by atoms with Crippen LogP contribution in [0.5, 0.6) is 0 Å². The first-order valence-corrected chi connectivity index (χ1v) is 11.0. The fraction of sp³-hybridized carbons (Fsp3) is 0.167. The Bertz CT molecular complexity index is 1280. The standard InChI is InChI=1S/C24H22N2O3S/c1-26(15-22(27)25-19-9-5-6-10-21(19)30-2)14-17-13-23(28)29-20-12-11-16-7-3-4-8-18(16)24(17)20/h3-13H,14-15H2,1-2H3,(H,25,27)/p+1. The zero-order valence-corrected chi connectivity index (χ0v) is 17.7. The van der Waals surface area contributed by atoms with Gasteiger partial charge < -0.3 is 14.6 Å². The number of hydrogen-bond donors (Lipinski definition) is 2. The maximum atomic E-state index is 12.6. The molecule has 4 rings (SSSR count). The molecule has 1 amide bonds. The number of quaternary nitrogens is 1. The van der Waals surface area contributed by atoms with E-state index in [4.69, 9.17) is 4.42 Å². The fourth-order valence-corrected chi connectivity index (χ4v) is 4.32. The van der Waals surface area contributed by atoms with E-state index in [1.165, 1.54) is 0 Å². The lowest BCUT2D eigenvalue weighted by atomic mass is 10.0. The molecule has 30 heavy (non-hydrogen) atoms. The number of benzene rings is 3. The molecule has 0 fully saturated rings. The lowest BCUT2D eigenvalue weighted by molar-refractivity contribution is -0.885. The summed E-state index contributed by atoms with van der Waals surface area (Å²) in [6, 6.07) is 21.1. The smallest absolute Gasteiger partial charge is 0.336 e. The second-order valence-electron chi connectivity index (χ2n) is 7.31. The minimum absolute atomic E-state index is 0.0638. The predicted molar refractivity (Wildman–Crippen MR) is 122 cm³/mol. The molecule has 6 heteroatoms. The second-order valence-corrected chi connectivity index (χ2v) is 8.16. The van der Waals surface area contributed by atoms with Crippen LogP contribution in [0.15, 0.2) is 80.8 Å². The summed E-state index contributed by atoms with van der Waals surface area (Å²) in [5.74, 6) is -0.0638. The number of rotatable bonds is 6. The third-order valence-corrected chi connectivity index (χ3v) is 5.85. The number of thioether (sulfide) groups is 1. The number of amides is 1. The van der Waals surface area contributed by atoms with Crippen LogP contribution in [0.1, 0.15) is 5.56 Å². The molecule has 1 heterocycles. The first kappa shape index (κ1) is 20.2. The van der Waals surface area contributed by atoms with Crippen molar-refractivity contribution in [3.63, 3.8) is 0 Å². The van der Waals surface area contributed by atoms with Crippen LogP contribution < -0.4 is 15.8 Å². The van der Waals surface area contributed by atoms with Crippen molar-refractivity contribution in [3.8, 4) is 0 Å². The van der Waals surface area contributed by atoms with E-state index in [2.05, 4.69) is 5.32 Å². The Balaban J connectivity index is 1.58. The van der Waals surface area contributed by atoms with E-state index in [0.717, 1.165) is 37.2 Å². The van der Waals surface area contributed by atoms with Crippen LogP contribution in [-0.2, 0) is 11.3 Å². The number of hydrogen-bond acceptors (Lipinski definition) is 4. The summed E-state index contributed by atoms with van der Waals surface area (Å²) >= 11 is 1.60. The van der Waals surface area contributed by atoms with Gasteiger partial charge in [-0.15, -0.1) is 11.8 Å². The van der Waals surface area contributed by atoms with Crippen molar-refractivity contribution >= 4 is 45.1 Å². The Labute approximate surface area is 178 Å². The van der Waals surface area contributed by atoms with Gasteiger partial charge in [-0.3, -0.25) is 4.79 Å². The average Bonchev–Trinajstić information content (AvgIpc) is 2.73. The van der Waals surface area contributed by atoms with Gasteiger partial charge in [0.05, 0.1) is 12.7 Å². The number of carbonyl (C=O) groups excluding carboxylic acids is 1. The Morgan fingerprint density at radius 1 is 1.07 bits per heavy atom. The molecule has 3 aromatic carbocycles. The van der Waals surface area contributed by atoms with Crippen molar-refractivity contribution in [2.75, 3.05) is 25.2 Å². The first-order valence-electron chi connectivity index (χ1n) is 9.74. The SMILES string of the molecule is CSc1ccccc1NC(=O)C[NH+](C)Cc1cc(=O)oc2ccc3ccccc3c12. The van der Waals surface area contributed by atoms with E-state index >= 15 is 0 Å². The van der Waals surface area contributed by atoms with Crippen molar-refractivity contribution in [1.82, 2.24) is 0 Å². The van der Waals surface area contributed by atoms with E-state index in [1.54, 1.807) is 17.8 Å². The lowest BCUT2D eigenvalue weighted by Gasteiger charge is -2.16. The largest absolute Gasteiger partial charge is 0.423 e. The second kappa shape index (κ2) is 8.73. The summed E-state index contributed by atoms with van der Waals surface area (Å²) in [6.07, 6.45) is 1.98. The summed E-state index contributed by atoms with van der Waals surface area (Å²) in [5, 5.41) is 6.05. The van der Waals surface area contributed by atoms with Gasteiger partial charge in [0.25, 0.3) is 5.91 Å². The van der Waals surface area contributed by atoms with E-state index in [-0.39, 0.29) is 18.1 Å². The molecule has 1 unspecified atom stereocenters. The highest BCUT2D eigenvalue weighted by Crippen LogP contribution is 2.27. The Morgan fingerprint density at radius 3 is 2.67 bits per heavy atom. The number of para-hydroxylation sites is 1. The van der Waals surface area contributed by atoms with Gasteiger partial charge in [-0.2, -0.15) is 0 Å². The van der Waals surface area contributed by atoms with Crippen molar-refractivity contribution in [3.05, 3.63) is 82.7 Å². The molecular weight excluding hydrogens is 396 g/mol. The first-order chi connectivity index (χ1) is 14.5. The van der Waals surface area contributed by atoms with Crippen LogP contribution in [-0.4, -0.2) is 25.8 Å². The minimum Gasteiger partial charge on any atom is -0.423 e. The van der Waals surface area contributed by atoms with Gasteiger partial charge in [-0.1, -0.05) is 42.5 Å². The molecule has 0 aliphatic rings. The molecule has 2 N–H and O–H groups in total. The van der Waals surface area contributed by atoms with Crippen LogP contribution in [0.25, 0.3) is 21.7 Å². The number of anilines is 1. The summed E-state index contributed by atoms with van der Waals surface area (Å²) in [7, 11) is 1.95. The summed E-state index contributed by atoms with van der Waals surface area (Å²) < 4.78 is 5.43. The van der Waals surface area contributed by atoms with Gasteiger partial charge >= 0.3 is 5.63 Å². The molecule has 0 radical (unpaired) electrons. The highest BCUT2D eigenvalue weighted by atomic mass is 32.2. The Morgan fingerprint density at radius 2 is 1.83 bits per heavy atom. The quantitative estimate of drug-likeness (QED) is 0.286. The van der Waals surface area contributed by atoms with Crippen molar-refractivity contribution in [2.45, 2.75) is 11.4 Å². The van der Waals surface area contributed by atoms with Gasteiger partial charge in [0.1, 0.15) is 12.1 Å². The highest BCUT2D eigenvalue weighted by molar-refractivity contribution is 7.98. The van der Waals surface area contributed by atoms with Crippen molar-refractivity contribution < 1.29 is 14.1 Å². The van der Waals surface area contributed by atoms with Crippen molar-refractivity contribution in [2.24, 2.45) is 0 Å². The highest BCUT2D eigenvalue weighted by Gasteiger charge is 2.16. The maximum absolute atomic E-state index is 12.6. The van der Waals surface area contributed by atoms with E-state index in [0.29, 0.717) is 12.1 Å². The van der Waals surface area contributed by atoms with Crippen LogP contribution >= 0.6 is 11.8 Å². The van der Waals surface area contributed by atoms with E-state index in [9.17, 15) is 9.59 Å². The summed E-state index contributed by atoms with van der Waals surface area (Å²) in [4.78, 5) is 26.7. The Hall–Kier alpha value is -3.09. The van der Waals surface area contributed by atoms with E-state index < -0.39 is 0 Å². The fourth-order valence-electron chi connectivity index (χ4n) is 3.76. The molecule has 0 aliphatic carbocycles. The molecule has 5 nitrogen and oxygen atoms in total. The normalized spacial score (nSPS) is 12.2. The van der Waals surface area contributed by atoms with Gasteiger partial charge in [0.2, 0.25) is 0 Å². The molecule has 1 atom stereocenters. The van der Waals surface area contributed by atoms with Gasteiger partial charge in [-0.05, 0) is 35.2 Å². The molecular formula is C24H23N2O3S+. The molecule has 0 saturated carbocycles. The molecule has 0 aliphatic heterocycles. The number of nitrogens with one attached hydrogen (secondary N) is 2. The lowest BCUT2D eigenvalue weighted by Crippen LogP contribution is -3.08. The average molecular weight is 420 g/mol. The van der Waals surface area contributed by atoms with Crippen molar-refractivity contribution in [1.29, 1.82) is 0 Å². The maximum Gasteiger partial charge on any atom is 0.336 e. The zero-order chi connectivity index (χ0) is 21.1. The van der Waals surface area contributed by atoms with Crippen LogP contribution in [0.3, 0.4) is 0 Å². The summed E-state index contributed by atoms with van der Waals surface area (Å²) in [6.45, 7) is 0.822. The predicted octanol–water partition coefficient (Wildman–Crippen LogP) is 3.32. The van der Waals surface area contributed by atoms with Crippen LogP contribution in [0.2, 0.25) is 0 Å². The Kier molecular flexibility index (Phi) is 5.88. The van der Waals surface area contributed by atoms with Gasteiger partial charge in [-0.25, -0.2) is 4.79 Å². The third-order valence-electron chi connectivity index (χ3n) is 5.05. The molecule has 152 valence electrons. The number of carbonyl (C=O) groups is 1. The molecule has 0 saturated heterocycles.